The molecular weight excluding hydrogens is 335 g/mol. The van der Waals surface area contributed by atoms with E-state index in [9.17, 15) is 9.59 Å². The Morgan fingerprint density at radius 3 is 2.29 bits per heavy atom. The van der Waals surface area contributed by atoms with E-state index in [4.69, 9.17) is 9.84 Å². The first-order valence-corrected chi connectivity index (χ1v) is 6.24. The molecule has 0 spiro atoms. The molecule has 0 radical (unpaired) electrons. The van der Waals surface area contributed by atoms with Crippen molar-refractivity contribution in [3.8, 4) is 0 Å². The normalized spacial score (nSPS) is 15.7. The Kier molecular flexibility index (Phi) is 4.50. The maximum Gasteiger partial charge on any atom is 0.320 e. The molecule has 4 nitrogen and oxygen atoms in total. The van der Waals surface area contributed by atoms with E-state index >= 15 is 0 Å². The van der Waals surface area contributed by atoms with Gasteiger partial charge in [0.15, 0.2) is 9.53 Å². The van der Waals surface area contributed by atoms with Gasteiger partial charge in [0, 0.05) is 6.92 Å². The van der Waals surface area contributed by atoms with Crippen molar-refractivity contribution in [2.45, 2.75) is 23.4 Å². The zero-order valence-electron chi connectivity index (χ0n) is 9.51. The first-order valence-electron chi connectivity index (χ1n) is 5.00. The maximum absolute atomic E-state index is 11.1. The fourth-order valence-corrected chi connectivity index (χ4v) is 2.05. The van der Waals surface area contributed by atoms with Crippen LogP contribution >= 0.6 is 22.6 Å². The van der Waals surface area contributed by atoms with Crippen LogP contribution in [0.25, 0.3) is 0 Å². The van der Waals surface area contributed by atoms with E-state index in [1.807, 2.05) is 6.07 Å². The second-order valence-electron chi connectivity index (χ2n) is 3.77. The number of carbonyl (C=O) groups excluding carboxylic acids is 1. The van der Waals surface area contributed by atoms with Crippen molar-refractivity contribution in [3.05, 3.63) is 35.9 Å². The van der Waals surface area contributed by atoms with Gasteiger partial charge in [0.25, 0.3) is 0 Å². The van der Waals surface area contributed by atoms with Gasteiger partial charge < -0.3 is 9.84 Å². The Morgan fingerprint density at radius 2 is 1.88 bits per heavy atom. The molecule has 0 fully saturated rings. The highest BCUT2D eigenvalue weighted by Gasteiger charge is 2.42. The number of benzene rings is 1. The molecule has 1 N–H and O–H groups in total. The molecule has 1 rings (SSSR count). The summed E-state index contributed by atoms with van der Waals surface area (Å²) in [5.41, 5.74) is -0.503. The molecule has 5 heteroatoms. The number of carboxylic acids is 1. The van der Waals surface area contributed by atoms with E-state index < -0.39 is 21.5 Å². The van der Waals surface area contributed by atoms with Crippen molar-refractivity contribution in [2.75, 3.05) is 0 Å². The molecule has 0 heterocycles. The SMILES string of the molecule is CC(=O)O[C@@](C)(c1ccccc1)[C@H](I)C(=O)O. The molecule has 0 aliphatic carbocycles. The molecule has 0 aromatic heterocycles. The molecule has 92 valence electrons. The second-order valence-corrected chi connectivity index (χ2v) is 5.01. The molecule has 0 aliphatic rings. The summed E-state index contributed by atoms with van der Waals surface area (Å²) in [6, 6.07) is 8.88. The highest BCUT2D eigenvalue weighted by Crippen LogP contribution is 2.34. The number of esters is 1. The smallest absolute Gasteiger partial charge is 0.320 e. The largest absolute Gasteiger partial charge is 0.480 e. The standard InChI is InChI=1S/C12H13IO4/c1-8(14)17-12(2,10(13)11(15)16)9-6-4-3-5-7-9/h3-7,10H,1-2H3,(H,15,16)/t10-,12+/m1/s1. The molecule has 1 aromatic rings. The van der Waals surface area contributed by atoms with Gasteiger partial charge in [-0.3, -0.25) is 9.59 Å². The van der Waals surface area contributed by atoms with Gasteiger partial charge in [0.05, 0.1) is 0 Å². The topological polar surface area (TPSA) is 63.6 Å². The van der Waals surface area contributed by atoms with Crippen LogP contribution in [-0.4, -0.2) is 21.0 Å². The number of carboxylic acid groups (broad SMARTS) is 1. The Morgan fingerprint density at radius 1 is 1.35 bits per heavy atom. The van der Waals surface area contributed by atoms with E-state index in [-0.39, 0.29) is 0 Å². The van der Waals surface area contributed by atoms with E-state index in [2.05, 4.69) is 0 Å². The minimum absolute atomic E-state index is 0.501. The summed E-state index contributed by atoms with van der Waals surface area (Å²) >= 11 is 1.77. The van der Waals surface area contributed by atoms with Gasteiger partial charge >= 0.3 is 11.9 Å². The third-order valence-electron chi connectivity index (χ3n) is 2.40. The van der Waals surface area contributed by atoms with Gasteiger partial charge in [-0.15, -0.1) is 0 Å². The summed E-state index contributed by atoms with van der Waals surface area (Å²) < 4.78 is 4.36. The lowest BCUT2D eigenvalue weighted by molar-refractivity contribution is -0.160. The Balaban J connectivity index is 3.19. The van der Waals surface area contributed by atoms with Crippen LogP contribution in [0.5, 0.6) is 0 Å². The van der Waals surface area contributed by atoms with Gasteiger partial charge in [-0.2, -0.15) is 0 Å². The minimum atomic E-state index is -1.17. The molecule has 17 heavy (non-hydrogen) atoms. The van der Waals surface area contributed by atoms with Crippen molar-refractivity contribution >= 4 is 34.5 Å². The zero-order chi connectivity index (χ0) is 13.1. The fraction of sp³-hybridized carbons (Fsp3) is 0.333. The number of hydrogen-bond acceptors (Lipinski definition) is 3. The number of halogens is 1. The van der Waals surface area contributed by atoms with Crippen molar-refractivity contribution < 1.29 is 19.4 Å². The summed E-state index contributed by atoms with van der Waals surface area (Å²) in [4.78, 5) is 22.2. The van der Waals surface area contributed by atoms with E-state index in [1.54, 1.807) is 53.8 Å². The average Bonchev–Trinajstić information content (AvgIpc) is 2.28. The molecule has 0 amide bonds. The fourth-order valence-electron chi connectivity index (χ4n) is 1.56. The zero-order valence-corrected chi connectivity index (χ0v) is 11.7. The first-order chi connectivity index (χ1) is 7.88. The van der Waals surface area contributed by atoms with Gasteiger partial charge in [-0.05, 0) is 12.5 Å². The third-order valence-corrected chi connectivity index (χ3v) is 4.12. The van der Waals surface area contributed by atoms with E-state index in [0.717, 1.165) is 0 Å². The highest BCUT2D eigenvalue weighted by molar-refractivity contribution is 14.1. The molecule has 0 saturated carbocycles. The minimum Gasteiger partial charge on any atom is -0.480 e. The molecule has 2 atom stereocenters. The lowest BCUT2D eigenvalue weighted by Crippen LogP contribution is -2.41. The second kappa shape index (κ2) is 5.48. The summed E-state index contributed by atoms with van der Waals surface area (Å²) in [6.45, 7) is 2.88. The summed E-state index contributed by atoms with van der Waals surface area (Å²) in [5.74, 6) is -1.52. The number of alkyl halides is 1. The van der Waals surface area contributed by atoms with Crippen molar-refractivity contribution in [1.29, 1.82) is 0 Å². The predicted octanol–water partition coefficient (Wildman–Crippen LogP) is 2.35. The van der Waals surface area contributed by atoms with Crippen LogP contribution < -0.4 is 0 Å². The van der Waals surface area contributed by atoms with Crippen LogP contribution in [0.3, 0.4) is 0 Å². The van der Waals surface area contributed by atoms with Gasteiger partial charge in [0.1, 0.15) is 0 Å². The van der Waals surface area contributed by atoms with Crippen LogP contribution in [-0.2, 0) is 19.9 Å². The van der Waals surface area contributed by atoms with Gasteiger partial charge in [-0.1, -0.05) is 52.9 Å². The number of ether oxygens (including phenoxy) is 1. The van der Waals surface area contributed by atoms with E-state index in [1.165, 1.54) is 6.92 Å². The molecule has 0 bridgehead atoms. The van der Waals surface area contributed by atoms with Crippen molar-refractivity contribution in [3.63, 3.8) is 0 Å². The molecule has 1 aromatic carbocycles. The number of hydrogen-bond donors (Lipinski definition) is 1. The van der Waals surface area contributed by atoms with Crippen LogP contribution in [0.1, 0.15) is 19.4 Å². The molecule has 0 aliphatic heterocycles. The van der Waals surface area contributed by atoms with Crippen LogP contribution in [0.15, 0.2) is 30.3 Å². The highest BCUT2D eigenvalue weighted by atomic mass is 127. The maximum atomic E-state index is 11.1. The predicted molar refractivity (Wildman–Crippen MR) is 71.0 cm³/mol. The lowest BCUT2D eigenvalue weighted by Gasteiger charge is -2.32. The monoisotopic (exact) mass is 348 g/mol. The molecule has 0 saturated heterocycles. The molecular formula is C12H13IO4. The van der Waals surface area contributed by atoms with Gasteiger partial charge in [0.2, 0.25) is 0 Å². The quantitative estimate of drug-likeness (QED) is 0.516. The van der Waals surface area contributed by atoms with Crippen molar-refractivity contribution in [1.82, 2.24) is 0 Å². The number of rotatable bonds is 4. The van der Waals surface area contributed by atoms with Crippen molar-refractivity contribution in [2.24, 2.45) is 0 Å². The Labute approximate surface area is 113 Å². The number of aliphatic carboxylic acids is 1. The van der Waals surface area contributed by atoms with Crippen LogP contribution in [0.4, 0.5) is 0 Å². The summed E-state index contributed by atoms with van der Waals surface area (Å²) in [6.07, 6.45) is 0. The average molecular weight is 348 g/mol. The summed E-state index contributed by atoms with van der Waals surface area (Å²) in [5, 5.41) is 9.09. The lowest BCUT2D eigenvalue weighted by atomic mass is 9.92. The van der Waals surface area contributed by atoms with E-state index in [0.29, 0.717) is 5.56 Å². The first kappa shape index (κ1) is 14.0. The van der Waals surface area contributed by atoms with Crippen LogP contribution in [0.2, 0.25) is 0 Å². The Bertz CT molecular complexity index is 418. The van der Waals surface area contributed by atoms with Crippen LogP contribution in [0, 0.1) is 0 Å². The Hall–Kier alpha value is -1.11. The molecule has 0 unspecified atom stereocenters. The number of carbonyl (C=O) groups is 2. The third kappa shape index (κ3) is 3.18. The van der Waals surface area contributed by atoms with Gasteiger partial charge in [-0.25, -0.2) is 0 Å². The summed E-state index contributed by atoms with van der Waals surface area (Å²) in [7, 11) is 0.